The van der Waals surface area contributed by atoms with Crippen molar-refractivity contribution in [1.82, 2.24) is 25.0 Å². The van der Waals surface area contributed by atoms with Crippen molar-refractivity contribution in [2.45, 2.75) is 0 Å². The van der Waals surface area contributed by atoms with Gasteiger partial charge in [0.2, 0.25) is 0 Å². The van der Waals surface area contributed by atoms with E-state index in [-0.39, 0.29) is 0 Å². The molecule has 0 bridgehead atoms. The van der Waals surface area contributed by atoms with Gasteiger partial charge in [0, 0.05) is 12.6 Å². The molecule has 3 aromatic rings. The van der Waals surface area contributed by atoms with Gasteiger partial charge in [-0.3, -0.25) is 4.98 Å². The van der Waals surface area contributed by atoms with Gasteiger partial charge in [0.15, 0.2) is 11.5 Å². The quantitative estimate of drug-likeness (QED) is 0.716. The second-order valence-electron chi connectivity index (χ2n) is 4.15. The second-order valence-corrected chi connectivity index (χ2v) is 4.59. The summed E-state index contributed by atoms with van der Waals surface area (Å²) in [6, 6.07) is 7.61. The highest BCUT2D eigenvalue weighted by molar-refractivity contribution is 7.80. The molecule has 2 aromatic heterocycles. The van der Waals surface area contributed by atoms with E-state index >= 15 is 0 Å². The predicted molar refractivity (Wildman–Crippen MR) is 79.0 cm³/mol. The van der Waals surface area contributed by atoms with E-state index in [1.165, 1.54) is 0 Å². The molecule has 2 heterocycles. The molecule has 3 rings (SSSR count). The summed E-state index contributed by atoms with van der Waals surface area (Å²) in [4.78, 5) is 6.37. The van der Waals surface area contributed by atoms with Crippen LogP contribution in [0, 0.1) is 0 Å². The van der Waals surface area contributed by atoms with Gasteiger partial charge < -0.3 is 10.6 Å². The Morgan fingerprint density at radius 3 is 2.90 bits per heavy atom. The Morgan fingerprint density at radius 1 is 1.30 bits per heavy atom. The number of nitrogens with zero attached hydrogens (tertiary/aromatic N) is 6. The van der Waals surface area contributed by atoms with Gasteiger partial charge in [-0.25, -0.2) is 0 Å². The molecule has 2 N–H and O–H groups in total. The summed E-state index contributed by atoms with van der Waals surface area (Å²) in [6.45, 7) is 0. The molecule has 7 nitrogen and oxygen atoms in total. The first kappa shape index (κ1) is 12.4. The lowest BCUT2D eigenvalue weighted by Gasteiger charge is -2.21. The van der Waals surface area contributed by atoms with Crippen LogP contribution in [-0.2, 0) is 0 Å². The van der Waals surface area contributed by atoms with Crippen LogP contribution in [0.2, 0.25) is 0 Å². The lowest BCUT2D eigenvalue weighted by molar-refractivity contribution is 0.813. The molecule has 0 aliphatic carbocycles. The Kier molecular flexibility index (Phi) is 2.99. The number of thiocarbonyl (C=S) groups is 1. The lowest BCUT2D eigenvalue weighted by Crippen LogP contribution is -2.19. The third-order valence-electron chi connectivity index (χ3n) is 2.97. The molecular weight excluding hydrogens is 274 g/mol. The molecule has 1 aromatic carbocycles. The predicted octanol–water partition coefficient (Wildman–Crippen LogP) is 0.921. The molecule has 0 atom stereocenters. The van der Waals surface area contributed by atoms with Crippen LogP contribution >= 0.6 is 12.2 Å². The van der Waals surface area contributed by atoms with Gasteiger partial charge in [-0.15, -0.1) is 5.10 Å². The highest BCUT2D eigenvalue weighted by atomic mass is 32.1. The Hall–Kier alpha value is -2.61. The number of hydrogen-bond acceptors (Lipinski definition) is 6. The van der Waals surface area contributed by atoms with Gasteiger partial charge in [0.25, 0.3) is 0 Å². The van der Waals surface area contributed by atoms with E-state index in [0.717, 1.165) is 17.1 Å². The highest BCUT2D eigenvalue weighted by Gasteiger charge is 2.14. The summed E-state index contributed by atoms with van der Waals surface area (Å²) >= 11 is 5.09. The van der Waals surface area contributed by atoms with Crippen LogP contribution in [-0.4, -0.2) is 37.1 Å². The Bertz CT molecular complexity index is 782. The monoisotopic (exact) mass is 285 g/mol. The van der Waals surface area contributed by atoms with Crippen LogP contribution in [0.25, 0.3) is 5.65 Å². The molecule has 0 saturated carbocycles. The first-order chi connectivity index (χ1) is 9.68. The average molecular weight is 285 g/mol. The van der Waals surface area contributed by atoms with Crippen molar-refractivity contribution in [3.63, 3.8) is 0 Å². The second kappa shape index (κ2) is 4.82. The maximum absolute atomic E-state index is 5.77. The number of para-hydroxylation sites is 1. The summed E-state index contributed by atoms with van der Waals surface area (Å²) in [5.74, 6) is 0.719. The molecule has 0 amide bonds. The zero-order valence-corrected chi connectivity index (χ0v) is 11.4. The zero-order chi connectivity index (χ0) is 14.1. The maximum Gasteiger partial charge on any atom is 0.199 e. The first-order valence-electron chi connectivity index (χ1n) is 5.83. The smallest absolute Gasteiger partial charge is 0.199 e. The van der Waals surface area contributed by atoms with Gasteiger partial charge in [-0.1, -0.05) is 24.4 Å². The molecule has 0 aliphatic heterocycles. The topological polar surface area (TPSA) is 85.2 Å². The SMILES string of the molecule is CN(c1ccccc1C(N)=S)c1cncc2nnnn12. The van der Waals surface area contributed by atoms with E-state index in [0.29, 0.717) is 10.6 Å². The van der Waals surface area contributed by atoms with E-state index in [1.807, 2.05) is 36.2 Å². The molecular formula is C12H11N7S. The Labute approximate surface area is 120 Å². The summed E-state index contributed by atoms with van der Waals surface area (Å²) in [7, 11) is 1.88. The highest BCUT2D eigenvalue weighted by Crippen LogP contribution is 2.26. The third-order valence-corrected chi connectivity index (χ3v) is 3.19. The Morgan fingerprint density at radius 2 is 2.10 bits per heavy atom. The van der Waals surface area contributed by atoms with E-state index in [1.54, 1.807) is 16.9 Å². The van der Waals surface area contributed by atoms with Crippen molar-refractivity contribution in [3.05, 3.63) is 42.2 Å². The number of rotatable bonds is 3. The summed E-state index contributed by atoms with van der Waals surface area (Å²) in [5, 5.41) is 11.5. The fourth-order valence-electron chi connectivity index (χ4n) is 1.99. The van der Waals surface area contributed by atoms with Crippen molar-refractivity contribution < 1.29 is 0 Å². The van der Waals surface area contributed by atoms with Crippen molar-refractivity contribution in [1.29, 1.82) is 0 Å². The van der Waals surface area contributed by atoms with Crippen LogP contribution in [0.3, 0.4) is 0 Å². The zero-order valence-electron chi connectivity index (χ0n) is 10.6. The van der Waals surface area contributed by atoms with Gasteiger partial charge in [0.1, 0.15) is 4.99 Å². The minimum atomic E-state index is 0.337. The fraction of sp³-hybridized carbons (Fsp3) is 0.0833. The number of tetrazole rings is 1. The number of nitrogens with two attached hydrogens (primary N) is 1. The van der Waals surface area contributed by atoms with Crippen LogP contribution in [0.1, 0.15) is 5.56 Å². The van der Waals surface area contributed by atoms with Gasteiger partial charge in [-0.2, -0.15) is 4.52 Å². The summed E-state index contributed by atoms with van der Waals surface area (Å²) < 4.78 is 1.60. The van der Waals surface area contributed by atoms with Crippen LogP contribution in [0.4, 0.5) is 11.5 Å². The van der Waals surface area contributed by atoms with Gasteiger partial charge in [0.05, 0.1) is 18.1 Å². The van der Waals surface area contributed by atoms with Crippen LogP contribution < -0.4 is 10.6 Å². The van der Waals surface area contributed by atoms with E-state index in [4.69, 9.17) is 18.0 Å². The minimum absolute atomic E-state index is 0.337. The number of aromatic nitrogens is 5. The largest absolute Gasteiger partial charge is 0.389 e. The number of anilines is 2. The van der Waals surface area contributed by atoms with Crippen molar-refractivity contribution in [3.8, 4) is 0 Å². The molecule has 20 heavy (non-hydrogen) atoms. The summed E-state index contributed by atoms with van der Waals surface area (Å²) in [6.07, 6.45) is 3.27. The molecule has 0 saturated heterocycles. The van der Waals surface area contributed by atoms with Crippen LogP contribution in [0.15, 0.2) is 36.7 Å². The number of fused-ring (bicyclic) bond motifs is 1. The minimum Gasteiger partial charge on any atom is -0.389 e. The molecule has 0 aliphatic rings. The standard InChI is InChI=1S/C12H11N7S/c1-18(9-5-3-2-4-8(9)12(13)20)11-7-14-6-10-15-16-17-19(10)11/h2-7H,1H3,(H2,13,20). The molecule has 0 fully saturated rings. The van der Waals surface area contributed by atoms with Gasteiger partial charge >= 0.3 is 0 Å². The van der Waals surface area contributed by atoms with Crippen molar-refractivity contribution in [2.24, 2.45) is 5.73 Å². The first-order valence-corrected chi connectivity index (χ1v) is 6.24. The molecule has 0 spiro atoms. The molecule has 0 radical (unpaired) electrons. The maximum atomic E-state index is 5.77. The average Bonchev–Trinajstić information content (AvgIpc) is 2.94. The Balaban J connectivity index is 2.16. The normalized spacial score (nSPS) is 10.7. The number of benzene rings is 1. The molecule has 100 valence electrons. The fourth-order valence-corrected chi connectivity index (χ4v) is 2.16. The van der Waals surface area contributed by atoms with Crippen molar-refractivity contribution in [2.75, 3.05) is 11.9 Å². The van der Waals surface area contributed by atoms with Crippen LogP contribution in [0.5, 0.6) is 0 Å². The third kappa shape index (κ3) is 1.95. The van der Waals surface area contributed by atoms with E-state index in [9.17, 15) is 0 Å². The van der Waals surface area contributed by atoms with E-state index < -0.39 is 0 Å². The molecule has 0 unspecified atom stereocenters. The van der Waals surface area contributed by atoms with E-state index in [2.05, 4.69) is 20.5 Å². The van der Waals surface area contributed by atoms with Gasteiger partial charge in [-0.05, 0) is 22.6 Å². The van der Waals surface area contributed by atoms with Crippen molar-refractivity contribution >= 4 is 34.4 Å². The molecule has 8 heteroatoms. The summed E-state index contributed by atoms with van der Waals surface area (Å²) in [5.41, 5.74) is 7.99. The lowest BCUT2D eigenvalue weighted by atomic mass is 10.1. The number of hydrogen-bond donors (Lipinski definition) is 1.